The van der Waals surface area contributed by atoms with Crippen molar-refractivity contribution in [3.05, 3.63) is 36.0 Å². The molecule has 0 aliphatic heterocycles. The van der Waals surface area contributed by atoms with Crippen LogP contribution in [0, 0.1) is 6.92 Å². The van der Waals surface area contributed by atoms with Crippen molar-refractivity contribution in [1.29, 1.82) is 0 Å². The third-order valence-electron chi connectivity index (χ3n) is 2.91. The van der Waals surface area contributed by atoms with Gasteiger partial charge in [0.2, 0.25) is 0 Å². The summed E-state index contributed by atoms with van der Waals surface area (Å²) in [5.41, 5.74) is 2.75. The summed E-state index contributed by atoms with van der Waals surface area (Å²) in [6, 6.07) is 10.4. The highest BCUT2D eigenvalue weighted by Crippen LogP contribution is 2.33. The molecule has 0 bridgehead atoms. The predicted molar refractivity (Wildman–Crippen MR) is 65.8 cm³/mol. The monoisotopic (exact) mass is 212 g/mol. The quantitative estimate of drug-likeness (QED) is 0.672. The lowest BCUT2D eigenvalue weighted by Gasteiger charge is -2.04. The number of hydrogen-bond acceptors (Lipinski definition) is 3. The maximum atomic E-state index is 5.37. The molecule has 0 saturated carbocycles. The average Bonchev–Trinajstić information content (AvgIpc) is 2.71. The summed E-state index contributed by atoms with van der Waals surface area (Å²) >= 11 is 0. The van der Waals surface area contributed by atoms with Crippen LogP contribution in [-0.2, 0) is 0 Å². The van der Waals surface area contributed by atoms with E-state index in [0.29, 0.717) is 0 Å². The van der Waals surface area contributed by atoms with Crippen LogP contribution in [0.1, 0.15) is 5.69 Å². The van der Waals surface area contributed by atoms with Crippen molar-refractivity contribution < 1.29 is 4.52 Å². The fourth-order valence-corrected chi connectivity index (χ4v) is 2.13. The van der Waals surface area contributed by atoms with Crippen molar-refractivity contribution in [2.45, 2.75) is 6.92 Å². The smallest absolute Gasteiger partial charge is 0.190 e. The first-order chi connectivity index (χ1) is 7.81. The number of nitrogens with zero attached hydrogens (tertiary/aromatic N) is 1. The van der Waals surface area contributed by atoms with Gasteiger partial charge in [-0.05, 0) is 23.8 Å². The average molecular weight is 212 g/mol. The minimum Gasteiger partial charge on any atom is -0.385 e. The van der Waals surface area contributed by atoms with E-state index < -0.39 is 0 Å². The van der Waals surface area contributed by atoms with Crippen LogP contribution in [0.2, 0.25) is 0 Å². The molecule has 1 aromatic heterocycles. The van der Waals surface area contributed by atoms with Gasteiger partial charge in [0.05, 0.1) is 16.8 Å². The largest absolute Gasteiger partial charge is 0.385 e. The Labute approximate surface area is 93.0 Å². The van der Waals surface area contributed by atoms with Crippen LogP contribution < -0.4 is 5.32 Å². The summed E-state index contributed by atoms with van der Waals surface area (Å²) in [4.78, 5) is 0. The summed E-state index contributed by atoms with van der Waals surface area (Å²) in [7, 11) is 1.89. The molecule has 2 aromatic carbocycles. The van der Waals surface area contributed by atoms with Crippen molar-refractivity contribution in [1.82, 2.24) is 5.16 Å². The van der Waals surface area contributed by atoms with E-state index in [9.17, 15) is 0 Å². The molecular weight excluding hydrogens is 200 g/mol. The van der Waals surface area contributed by atoms with E-state index in [2.05, 4.69) is 28.7 Å². The maximum Gasteiger partial charge on any atom is 0.190 e. The Balaban J connectivity index is 2.60. The molecule has 3 aromatic rings. The van der Waals surface area contributed by atoms with Crippen LogP contribution in [0.25, 0.3) is 21.7 Å². The summed E-state index contributed by atoms with van der Waals surface area (Å²) < 4.78 is 5.37. The molecule has 80 valence electrons. The Kier molecular flexibility index (Phi) is 1.86. The zero-order valence-electron chi connectivity index (χ0n) is 9.24. The summed E-state index contributed by atoms with van der Waals surface area (Å²) in [6.07, 6.45) is 0. The highest BCUT2D eigenvalue weighted by atomic mass is 16.5. The van der Waals surface area contributed by atoms with Gasteiger partial charge in [-0.2, -0.15) is 0 Å². The molecule has 3 heteroatoms. The number of aryl methyl sites for hydroxylation is 1. The number of aromatic nitrogens is 1. The van der Waals surface area contributed by atoms with Crippen LogP contribution in [-0.4, -0.2) is 12.2 Å². The zero-order chi connectivity index (χ0) is 11.1. The standard InChI is InChI=1S/C13H12N2O/c1-8-12-10-6-4-3-5-9(10)7-11(14-2)13(12)16-15-8/h3-7,14H,1-2H3. The molecule has 3 rings (SSSR count). The van der Waals surface area contributed by atoms with Crippen molar-refractivity contribution in [3.63, 3.8) is 0 Å². The van der Waals surface area contributed by atoms with Gasteiger partial charge in [0.15, 0.2) is 5.58 Å². The number of rotatable bonds is 1. The number of fused-ring (bicyclic) bond motifs is 3. The van der Waals surface area contributed by atoms with Gasteiger partial charge in [0.1, 0.15) is 0 Å². The first-order valence-corrected chi connectivity index (χ1v) is 5.27. The second kappa shape index (κ2) is 3.23. The van der Waals surface area contributed by atoms with E-state index in [1.807, 2.05) is 26.1 Å². The Bertz CT molecular complexity index is 670. The molecule has 16 heavy (non-hydrogen) atoms. The molecular formula is C13H12N2O. The van der Waals surface area contributed by atoms with E-state index in [1.165, 1.54) is 10.8 Å². The summed E-state index contributed by atoms with van der Waals surface area (Å²) in [6.45, 7) is 1.97. The van der Waals surface area contributed by atoms with Crippen molar-refractivity contribution >= 4 is 27.4 Å². The van der Waals surface area contributed by atoms with Crippen molar-refractivity contribution in [3.8, 4) is 0 Å². The van der Waals surface area contributed by atoms with Crippen LogP contribution in [0.4, 0.5) is 5.69 Å². The van der Waals surface area contributed by atoms with Crippen molar-refractivity contribution in [2.75, 3.05) is 12.4 Å². The van der Waals surface area contributed by atoms with Crippen LogP contribution >= 0.6 is 0 Å². The van der Waals surface area contributed by atoms with Gasteiger partial charge in [0.25, 0.3) is 0 Å². The van der Waals surface area contributed by atoms with Gasteiger partial charge in [-0.3, -0.25) is 0 Å². The molecule has 0 atom stereocenters. The first-order valence-electron chi connectivity index (χ1n) is 5.27. The van der Waals surface area contributed by atoms with Gasteiger partial charge in [-0.15, -0.1) is 0 Å². The van der Waals surface area contributed by atoms with Crippen LogP contribution in [0.15, 0.2) is 34.9 Å². The molecule has 1 heterocycles. The lowest BCUT2D eigenvalue weighted by atomic mass is 10.0. The van der Waals surface area contributed by atoms with Gasteiger partial charge in [-0.25, -0.2) is 0 Å². The molecule has 3 nitrogen and oxygen atoms in total. The maximum absolute atomic E-state index is 5.37. The minimum atomic E-state index is 0.832. The third-order valence-corrected chi connectivity index (χ3v) is 2.91. The number of nitrogens with one attached hydrogen (secondary N) is 1. The van der Waals surface area contributed by atoms with Gasteiger partial charge >= 0.3 is 0 Å². The van der Waals surface area contributed by atoms with Gasteiger partial charge in [-0.1, -0.05) is 29.4 Å². The third kappa shape index (κ3) is 1.11. The summed E-state index contributed by atoms with van der Waals surface area (Å²) in [5, 5.41) is 10.7. The van der Waals surface area contributed by atoms with Gasteiger partial charge < -0.3 is 9.84 Å². The number of anilines is 1. The fourth-order valence-electron chi connectivity index (χ4n) is 2.13. The summed E-state index contributed by atoms with van der Waals surface area (Å²) in [5.74, 6) is 0. The molecule has 0 radical (unpaired) electrons. The number of hydrogen-bond donors (Lipinski definition) is 1. The molecule has 0 amide bonds. The topological polar surface area (TPSA) is 38.1 Å². The normalized spacial score (nSPS) is 11.1. The molecule has 1 N–H and O–H groups in total. The second-order valence-electron chi connectivity index (χ2n) is 3.87. The Morgan fingerprint density at radius 1 is 1.25 bits per heavy atom. The van der Waals surface area contributed by atoms with E-state index in [0.717, 1.165) is 22.4 Å². The Morgan fingerprint density at radius 3 is 2.88 bits per heavy atom. The molecule has 0 unspecified atom stereocenters. The molecule has 0 aliphatic rings. The molecule has 0 fully saturated rings. The van der Waals surface area contributed by atoms with E-state index in [-0.39, 0.29) is 0 Å². The molecule has 0 saturated heterocycles. The van der Waals surface area contributed by atoms with E-state index >= 15 is 0 Å². The lowest BCUT2D eigenvalue weighted by molar-refractivity contribution is 0.451. The molecule has 0 aliphatic carbocycles. The minimum absolute atomic E-state index is 0.832. The number of benzene rings is 2. The zero-order valence-corrected chi connectivity index (χ0v) is 9.24. The van der Waals surface area contributed by atoms with Gasteiger partial charge in [0, 0.05) is 7.05 Å². The second-order valence-corrected chi connectivity index (χ2v) is 3.87. The molecule has 0 spiro atoms. The highest BCUT2D eigenvalue weighted by molar-refractivity contribution is 6.11. The van der Waals surface area contributed by atoms with E-state index in [4.69, 9.17) is 4.52 Å². The predicted octanol–water partition coefficient (Wildman–Crippen LogP) is 3.33. The van der Waals surface area contributed by atoms with E-state index in [1.54, 1.807) is 0 Å². The Hall–Kier alpha value is -2.03. The first kappa shape index (κ1) is 9.21. The van der Waals surface area contributed by atoms with Crippen LogP contribution in [0.3, 0.4) is 0 Å². The fraction of sp³-hybridized carbons (Fsp3) is 0.154. The lowest BCUT2D eigenvalue weighted by Crippen LogP contribution is -1.89. The van der Waals surface area contributed by atoms with Crippen molar-refractivity contribution in [2.24, 2.45) is 0 Å². The Morgan fingerprint density at radius 2 is 2.06 bits per heavy atom. The highest BCUT2D eigenvalue weighted by Gasteiger charge is 2.12. The van der Waals surface area contributed by atoms with Crippen LogP contribution in [0.5, 0.6) is 0 Å². The SMILES string of the molecule is CNc1cc2ccccc2c2c(C)noc12.